The van der Waals surface area contributed by atoms with Gasteiger partial charge in [-0.1, -0.05) is 53.7 Å². The second-order valence-corrected chi connectivity index (χ2v) is 13.0. The van der Waals surface area contributed by atoms with Crippen LogP contribution >= 0.6 is 0 Å². The summed E-state index contributed by atoms with van der Waals surface area (Å²) in [6.07, 6.45) is 12.7. The number of fused-ring (bicyclic) bond motifs is 5. The zero-order valence-corrected chi connectivity index (χ0v) is 21.4. The standard InChI is InChI=1S/C29H48O3/c1-7-20(18(2)3)9-8-19(4)23-10-11-24-22-16-26(31)29(32)17-21(30)12-15-28(29,6)25(22)13-14-27(23,24)5/h8-9,18-25,30,32H,7,10-17H2,1-6H3/b9-8+/t19-,20-,21-,22+,23-,24+,25+,27-,28-,29+/m1/s1. The minimum atomic E-state index is -1.32. The van der Waals surface area contributed by atoms with Gasteiger partial charge in [-0.15, -0.1) is 0 Å². The van der Waals surface area contributed by atoms with Gasteiger partial charge >= 0.3 is 0 Å². The van der Waals surface area contributed by atoms with Gasteiger partial charge in [0.25, 0.3) is 0 Å². The monoisotopic (exact) mass is 444 g/mol. The van der Waals surface area contributed by atoms with Gasteiger partial charge < -0.3 is 10.2 Å². The third-order valence-corrected chi connectivity index (χ3v) is 11.3. The average Bonchev–Trinajstić information content (AvgIpc) is 3.08. The second kappa shape index (κ2) is 8.52. The summed E-state index contributed by atoms with van der Waals surface area (Å²) in [7, 11) is 0. The zero-order valence-electron chi connectivity index (χ0n) is 21.4. The molecule has 4 aliphatic carbocycles. The molecule has 0 aromatic heterocycles. The maximum atomic E-state index is 13.4. The SMILES string of the molecule is CC[C@H](/C=C/[C@@H](C)[C@H]1CC[C@H]2[C@@H]3CC(=O)[C@@]4(O)C[C@H](O)CC[C@]4(C)[C@H]3CC[C@]12C)C(C)C. The quantitative estimate of drug-likeness (QED) is 0.498. The minimum absolute atomic E-state index is 0.0170. The first-order valence-corrected chi connectivity index (χ1v) is 13.6. The first kappa shape index (κ1) is 24.5. The van der Waals surface area contributed by atoms with Crippen LogP contribution < -0.4 is 0 Å². The molecule has 182 valence electrons. The van der Waals surface area contributed by atoms with Gasteiger partial charge in [-0.25, -0.2) is 0 Å². The van der Waals surface area contributed by atoms with Crippen molar-refractivity contribution in [2.24, 2.45) is 52.3 Å². The lowest BCUT2D eigenvalue weighted by Crippen LogP contribution is -2.67. The van der Waals surface area contributed by atoms with Crippen molar-refractivity contribution in [1.29, 1.82) is 0 Å². The highest BCUT2D eigenvalue weighted by Gasteiger charge is 2.67. The summed E-state index contributed by atoms with van der Waals surface area (Å²) in [5.74, 6) is 4.03. The average molecular weight is 445 g/mol. The zero-order chi connectivity index (χ0) is 23.5. The molecule has 0 heterocycles. The van der Waals surface area contributed by atoms with Crippen molar-refractivity contribution in [2.75, 3.05) is 0 Å². The molecule has 2 N–H and O–H groups in total. The van der Waals surface area contributed by atoms with Crippen LogP contribution in [-0.2, 0) is 4.79 Å². The number of ketones is 1. The smallest absolute Gasteiger partial charge is 0.165 e. The first-order chi connectivity index (χ1) is 15.0. The summed E-state index contributed by atoms with van der Waals surface area (Å²) in [4.78, 5) is 13.4. The Balaban J connectivity index is 1.56. The van der Waals surface area contributed by atoms with Crippen LogP contribution in [0.5, 0.6) is 0 Å². The van der Waals surface area contributed by atoms with Crippen LogP contribution in [0.3, 0.4) is 0 Å². The van der Waals surface area contributed by atoms with E-state index in [1.54, 1.807) is 0 Å². The Morgan fingerprint density at radius 1 is 1.03 bits per heavy atom. The summed E-state index contributed by atoms with van der Waals surface area (Å²) < 4.78 is 0. The molecular weight excluding hydrogens is 396 g/mol. The van der Waals surface area contributed by atoms with Crippen molar-refractivity contribution in [3.63, 3.8) is 0 Å². The van der Waals surface area contributed by atoms with Gasteiger partial charge in [0.1, 0.15) is 5.60 Å². The van der Waals surface area contributed by atoms with Gasteiger partial charge in [-0.2, -0.15) is 0 Å². The predicted molar refractivity (Wildman–Crippen MR) is 130 cm³/mol. The van der Waals surface area contributed by atoms with E-state index >= 15 is 0 Å². The lowest BCUT2D eigenvalue weighted by atomic mass is 9.42. The van der Waals surface area contributed by atoms with Crippen LogP contribution in [0.2, 0.25) is 0 Å². The van der Waals surface area contributed by atoms with Crippen molar-refractivity contribution < 1.29 is 15.0 Å². The third-order valence-electron chi connectivity index (χ3n) is 11.3. The number of allylic oxidation sites excluding steroid dienone is 2. The molecule has 0 spiro atoms. The van der Waals surface area contributed by atoms with Gasteiger partial charge in [-0.05, 0) is 91.8 Å². The highest BCUT2D eigenvalue weighted by Crippen LogP contribution is 2.68. The molecule has 0 aromatic carbocycles. The van der Waals surface area contributed by atoms with E-state index in [9.17, 15) is 15.0 Å². The lowest BCUT2D eigenvalue weighted by Gasteiger charge is -2.63. The van der Waals surface area contributed by atoms with E-state index in [0.717, 1.165) is 19.3 Å². The van der Waals surface area contributed by atoms with Crippen molar-refractivity contribution in [2.45, 2.75) is 111 Å². The molecule has 4 rings (SSSR count). The Kier molecular flexibility index (Phi) is 6.51. The van der Waals surface area contributed by atoms with Gasteiger partial charge in [-0.3, -0.25) is 4.79 Å². The van der Waals surface area contributed by atoms with Crippen molar-refractivity contribution in [3.05, 3.63) is 12.2 Å². The van der Waals surface area contributed by atoms with Crippen molar-refractivity contribution in [1.82, 2.24) is 0 Å². The molecular formula is C29H48O3. The Bertz CT molecular complexity index is 743. The van der Waals surface area contributed by atoms with Crippen LogP contribution in [-0.4, -0.2) is 27.7 Å². The van der Waals surface area contributed by atoms with Crippen LogP contribution in [0, 0.1) is 52.3 Å². The number of Topliss-reactive ketones (excluding diaryl/α,β-unsaturated/α-hetero) is 1. The van der Waals surface area contributed by atoms with Crippen LogP contribution in [0.15, 0.2) is 12.2 Å². The number of rotatable bonds is 5. The molecule has 0 amide bonds. The number of hydrogen-bond acceptors (Lipinski definition) is 3. The number of hydrogen-bond donors (Lipinski definition) is 2. The summed E-state index contributed by atoms with van der Waals surface area (Å²) in [5, 5.41) is 21.8. The van der Waals surface area contributed by atoms with E-state index in [-0.39, 0.29) is 17.6 Å². The predicted octanol–water partition coefficient (Wildman–Crippen LogP) is 6.17. The Morgan fingerprint density at radius 2 is 1.75 bits per heavy atom. The van der Waals surface area contributed by atoms with Crippen LogP contribution in [0.25, 0.3) is 0 Å². The molecule has 0 bridgehead atoms. The largest absolute Gasteiger partial charge is 0.393 e. The number of carbonyl (C=O) groups excluding carboxylic acids is 1. The fraction of sp³-hybridized carbons (Fsp3) is 0.897. The minimum Gasteiger partial charge on any atom is -0.393 e. The van der Waals surface area contributed by atoms with Crippen LogP contribution in [0.4, 0.5) is 0 Å². The number of aliphatic hydroxyl groups excluding tert-OH is 1. The maximum Gasteiger partial charge on any atom is 0.165 e. The Labute approximate surface area is 196 Å². The Hall–Kier alpha value is -0.670. The molecule has 4 fully saturated rings. The number of carbonyl (C=O) groups is 1. The fourth-order valence-corrected chi connectivity index (χ4v) is 9.21. The van der Waals surface area contributed by atoms with E-state index in [4.69, 9.17) is 0 Å². The highest BCUT2D eigenvalue weighted by atomic mass is 16.3. The molecule has 0 radical (unpaired) electrons. The van der Waals surface area contributed by atoms with Gasteiger partial charge in [0.2, 0.25) is 0 Å². The maximum absolute atomic E-state index is 13.4. The van der Waals surface area contributed by atoms with E-state index in [1.807, 2.05) is 0 Å². The summed E-state index contributed by atoms with van der Waals surface area (Å²) in [5.41, 5.74) is -1.40. The summed E-state index contributed by atoms with van der Waals surface area (Å²) in [6.45, 7) is 14.0. The van der Waals surface area contributed by atoms with E-state index in [0.29, 0.717) is 53.3 Å². The van der Waals surface area contributed by atoms with Crippen LogP contribution in [0.1, 0.15) is 99.3 Å². The molecule has 0 saturated heterocycles. The van der Waals surface area contributed by atoms with Gasteiger partial charge in [0, 0.05) is 18.3 Å². The van der Waals surface area contributed by atoms with Gasteiger partial charge in [0.05, 0.1) is 6.10 Å². The van der Waals surface area contributed by atoms with E-state index in [2.05, 4.69) is 53.7 Å². The summed E-state index contributed by atoms with van der Waals surface area (Å²) in [6, 6.07) is 0. The molecule has 3 heteroatoms. The molecule has 3 nitrogen and oxygen atoms in total. The third kappa shape index (κ3) is 3.56. The normalized spacial score (nSPS) is 48.4. The van der Waals surface area contributed by atoms with E-state index in [1.165, 1.54) is 25.7 Å². The molecule has 0 unspecified atom stereocenters. The lowest BCUT2D eigenvalue weighted by molar-refractivity contribution is -0.213. The first-order valence-electron chi connectivity index (χ1n) is 13.6. The molecule has 10 atom stereocenters. The van der Waals surface area contributed by atoms with Crippen molar-refractivity contribution >= 4 is 5.78 Å². The highest BCUT2D eigenvalue weighted by molar-refractivity contribution is 5.89. The molecule has 4 aliphatic rings. The molecule has 32 heavy (non-hydrogen) atoms. The topological polar surface area (TPSA) is 57.5 Å². The fourth-order valence-electron chi connectivity index (χ4n) is 9.21. The Morgan fingerprint density at radius 3 is 2.41 bits per heavy atom. The van der Waals surface area contributed by atoms with E-state index < -0.39 is 11.7 Å². The summed E-state index contributed by atoms with van der Waals surface area (Å²) >= 11 is 0. The second-order valence-electron chi connectivity index (χ2n) is 13.0. The van der Waals surface area contributed by atoms with Crippen molar-refractivity contribution in [3.8, 4) is 0 Å². The van der Waals surface area contributed by atoms with Gasteiger partial charge in [0.15, 0.2) is 5.78 Å². The molecule has 0 aromatic rings. The molecule has 0 aliphatic heterocycles. The number of aliphatic hydroxyl groups is 2. The molecule has 4 saturated carbocycles.